The summed E-state index contributed by atoms with van der Waals surface area (Å²) in [5.41, 5.74) is 0.763. The average molecular weight is 377 g/mol. The summed E-state index contributed by atoms with van der Waals surface area (Å²) in [6, 6.07) is 4.18. The van der Waals surface area contributed by atoms with Crippen molar-refractivity contribution in [3.05, 3.63) is 23.8 Å². The first kappa shape index (κ1) is 19.2. The van der Waals surface area contributed by atoms with Gasteiger partial charge < -0.3 is 14.8 Å². The van der Waals surface area contributed by atoms with E-state index in [-0.39, 0.29) is 16.4 Å². The van der Waals surface area contributed by atoms with E-state index in [1.54, 1.807) is 19.1 Å². The Labute approximate surface area is 143 Å². The van der Waals surface area contributed by atoms with Crippen LogP contribution in [0, 0.1) is 6.92 Å². The molecular weight excluding hydrogens is 354 g/mol. The molecule has 7 nitrogen and oxygen atoms in total. The van der Waals surface area contributed by atoms with Crippen molar-refractivity contribution >= 4 is 19.7 Å². The molecule has 1 aliphatic rings. The van der Waals surface area contributed by atoms with Crippen LogP contribution in [0.2, 0.25) is 0 Å². The second-order valence-corrected chi connectivity index (χ2v) is 10.2. The van der Waals surface area contributed by atoms with Crippen LogP contribution < -0.4 is 10.1 Å². The molecule has 1 heterocycles. The van der Waals surface area contributed by atoms with Gasteiger partial charge in [-0.3, -0.25) is 0 Å². The zero-order valence-corrected chi connectivity index (χ0v) is 15.6. The van der Waals surface area contributed by atoms with Crippen LogP contribution in [-0.4, -0.2) is 67.0 Å². The Morgan fingerprint density at radius 1 is 1.25 bits per heavy atom. The summed E-state index contributed by atoms with van der Waals surface area (Å²) < 4.78 is 60.3. The molecule has 0 unspecified atom stereocenters. The molecule has 0 aliphatic carbocycles. The first-order chi connectivity index (χ1) is 11.2. The lowest BCUT2D eigenvalue weighted by Gasteiger charge is -2.21. The van der Waals surface area contributed by atoms with Gasteiger partial charge in [0.2, 0.25) is 0 Å². The van der Waals surface area contributed by atoms with Gasteiger partial charge in [0, 0.05) is 19.7 Å². The van der Waals surface area contributed by atoms with Gasteiger partial charge >= 0.3 is 0 Å². The first-order valence-electron chi connectivity index (χ1n) is 7.52. The van der Waals surface area contributed by atoms with Crippen molar-refractivity contribution in [1.29, 1.82) is 0 Å². The molecule has 1 aromatic carbocycles. The first-order valence-corrected chi connectivity index (χ1v) is 10.9. The highest BCUT2D eigenvalue weighted by atomic mass is 32.2. The number of sulfone groups is 2. The van der Waals surface area contributed by atoms with Crippen LogP contribution in [0.3, 0.4) is 0 Å². The van der Waals surface area contributed by atoms with E-state index in [1.165, 1.54) is 20.3 Å². The number of hydrogen-bond donors (Lipinski definition) is 1. The molecule has 2 rings (SSSR count). The van der Waals surface area contributed by atoms with Gasteiger partial charge in [0.05, 0.1) is 30.5 Å². The van der Waals surface area contributed by atoms with Gasteiger partial charge in [-0.2, -0.15) is 0 Å². The minimum atomic E-state index is -3.87. The van der Waals surface area contributed by atoms with Gasteiger partial charge in [-0.15, -0.1) is 0 Å². The lowest BCUT2D eigenvalue weighted by atomic mass is 10.2. The third-order valence-electron chi connectivity index (χ3n) is 4.04. The predicted octanol–water partition coefficient (Wildman–Crippen LogP) is 0.179. The van der Waals surface area contributed by atoms with Crippen LogP contribution >= 0.6 is 0 Å². The van der Waals surface area contributed by atoms with E-state index in [4.69, 9.17) is 9.47 Å². The fourth-order valence-electron chi connectivity index (χ4n) is 2.83. The maximum Gasteiger partial charge on any atom is 0.187 e. The Morgan fingerprint density at radius 2 is 1.96 bits per heavy atom. The largest absolute Gasteiger partial charge is 0.495 e. The number of hydrogen-bond acceptors (Lipinski definition) is 7. The number of methoxy groups -OCH3 is 2. The minimum absolute atomic E-state index is 0.0330. The maximum absolute atomic E-state index is 13.1. The highest BCUT2D eigenvalue weighted by molar-refractivity contribution is 7.96. The van der Waals surface area contributed by atoms with Crippen LogP contribution in [0.1, 0.15) is 5.56 Å². The number of benzene rings is 1. The molecule has 0 saturated carbocycles. The minimum Gasteiger partial charge on any atom is -0.495 e. The molecule has 24 heavy (non-hydrogen) atoms. The van der Waals surface area contributed by atoms with E-state index in [0.717, 1.165) is 5.56 Å². The molecule has 1 N–H and O–H groups in total. The molecule has 0 radical (unpaired) electrons. The molecule has 0 spiro atoms. The molecule has 2 atom stereocenters. The zero-order valence-electron chi connectivity index (χ0n) is 14.0. The summed E-state index contributed by atoms with van der Waals surface area (Å²) in [5.74, 6) is -0.369. The van der Waals surface area contributed by atoms with E-state index in [1.807, 2.05) is 0 Å². The van der Waals surface area contributed by atoms with Gasteiger partial charge in [-0.25, -0.2) is 16.8 Å². The fraction of sp³-hybridized carbons (Fsp3) is 0.600. The molecule has 136 valence electrons. The molecule has 9 heteroatoms. The molecule has 1 aromatic rings. The highest BCUT2D eigenvalue weighted by Crippen LogP contribution is 2.32. The lowest BCUT2D eigenvalue weighted by Crippen LogP contribution is -2.44. The van der Waals surface area contributed by atoms with E-state index < -0.39 is 36.7 Å². The summed E-state index contributed by atoms with van der Waals surface area (Å²) in [7, 11) is -4.38. The summed E-state index contributed by atoms with van der Waals surface area (Å²) >= 11 is 0. The summed E-state index contributed by atoms with van der Waals surface area (Å²) in [6.07, 6.45) is 0. The normalized spacial score (nSPS) is 23.3. The van der Waals surface area contributed by atoms with Crippen LogP contribution in [-0.2, 0) is 24.4 Å². The molecule has 1 fully saturated rings. The third kappa shape index (κ3) is 4.08. The Morgan fingerprint density at radius 3 is 2.58 bits per heavy atom. The second kappa shape index (κ2) is 7.38. The standard InChI is InChI=1S/C15H23NO6S2/c1-11-4-5-13(22-3)14(8-11)24(19,20)15-10-23(17,18)9-12(15)16-6-7-21-2/h4-5,8,12,15-16H,6-7,9-10H2,1-3H3/t12-,15-/m0/s1. The van der Waals surface area contributed by atoms with Crippen molar-refractivity contribution < 1.29 is 26.3 Å². The summed E-state index contributed by atoms with van der Waals surface area (Å²) in [4.78, 5) is 0.0330. The third-order valence-corrected chi connectivity index (χ3v) is 8.21. The van der Waals surface area contributed by atoms with Crippen molar-refractivity contribution in [2.45, 2.75) is 23.1 Å². The monoisotopic (exact) mass is 377 g/mol. The van der Waals surface area contributed by atoms with Crippen LogP contribution in [0.15, 0.2) is 23.1 Å². The average Bonchev–Trinajstić information content (AvgIpc) is 2.83. The molecule has 0 aromatic heterocycles. The Hall–Kier alpha value is -1.16. The SMILES string of the molecule is COCCN[C@H]1CS(=O)(=O)C[C@@H]1S(=O)(=O)c1cc(C)ccc1OC. The number of nitrogens with one attached hydrogen (secondary N) is 1. The maximum atomic E-state index is 13.1. The molecule has 1 saturated heterocycles. The van der Waals surface area contributed by atoms with Gasteiger partial charge in [-0.1, -0.05) is 6.07 Å². The van der Waals surface area contributed by atoms with Crippen molar-refractivity contribution in [1.82, 2.24) is 5.32 Å². The smallest absolute Gasteiger partial charge is 0.187 e. The van der Waals surface area contributed by atoms with E-state index in [0.29, 0.717) is 13.2 Å². The van der Waals surface area contributed by atoms with Crippen molar-refractivity contribution in [2.75, 3.05) is 38.9 Å². The van der Waals surface area contributed by atoms with E-state index in [2.05, 4.69) is 5.32 Å². The quantitative estimate of drug-likeness (QED) is 0.677. The Balaban J connectivity index is 2.40. The highest BCUT2D eigenvalue weighted by Gasteiger charge is 2.46. The van der Waals surface area contributed by atoms with Gasteiger partial charge in [0.25, 0.3) is 0 Å². The number of ether oxygens (including phenoxy) is 2. The van der Waals surface area contributed by atoms with Gasteiger partial charge in [-0.05, 0) is 24.6 Å². The Bertz CT molecular complexity index is 788. The molecular formula is C15H23NO6S2. The number of aryl methyl sites for hydroxylation is 1. The van der Waals surface area contributed by atoms with E-state index in [9.17, 15) is 16.8 Å². The Kier molecular flexibility index (Phi) is 5.90. The molecule has 0 amide bonds. The second-order valence-electron chi connectivity index (χ2n) is 5.87. The topological polar surface area (TPSA) is 98.8 Å². The fourth-order valence-corrected chi connectivity index (χ4v) is 7.79. The van der Waals surface area contributed by atoms with Crippen LogP contribution in [0.4, 0.5) is 0 Å². The van der Waals surface area contributed by atoms with Crippen LogP contribution in [0.5, 0.6) is 5.75 Å². The van der Waals surface area contributed by atoms with Crippen molar-refractivity contribution in [3.63, 3.8) is 0 Å². The van der Waals surface area contributed by atoms with Crippen LogP contribution in [0.25, 0.3) is 0 Å². The van der Waals surface area contributed by atoms with Gasteiger partial charge in [0.1, 0.15) is 10.6 Å². The summed E-state index contributed by atoms with van der Waals surface area (Å²) in [6.45, 7) is 2.53. The van der Waals surface area contributed by atoms with E-state index >= 15 is 0 Å². The van der Waals surface area contributed by atoms with Crippen molar-refractivity contribution in [2.24, 2.45) is 0 Å². The van der Waals surface area contributed by atoms with Gasteiger partial charge in [0.15, 0.2) is 19.7 Å². The van der Waals surface area contributed by atoms with Crippen molar-refractivity contribution in [3.8, 4) is 5.75 Å². The molecule has 0 bridgehead atoms. The summed E-state index contributed by atoms with van der Waals surface area (Å²) in [5, 5.41) is 1.95. The number of rotatable bonds is 7. The lowest BCUT2D eigenvalue weighted by molar-refractivity contribution is 0.196. The zero-order chi connectivity index (χ0) is 18.0. The molecule has 1 aliphatic heterocycles. The predicted molar refractivity (Wildman–Crippen MR) is 91.0 cm³/mol.